The smallest absolute Gasteiger partial charge is 0.240 e. The SMILES string of the molecule is C#CCN1C(=O)CS(=O)c2ccc(C(C)=O)cc21. The van der Waals surface area contributed by atoms with Crippen LogP contribution in [-0.4, -0.2) is 28.2 Å². The van der Waals surface area contributed by atoms with Crippen LogP contribution >= 0.6 is 0 Å². The number of anilines is 1. The fraction of sp³-hybridized carbons (Fsp3) is 0.231. The molecule has 0 aromatic heterocycles. The van der Waals surface area contributed by atoms with Crippen LogP contribution in [0.5, 0.6) is 0 Å². The first-order valence-corrected chi connectivity index (χ1v) is 6.63. The van der Waals surface area contributed by atoms with Crippen molar-refractivity contribution >= 4 is 28.2 Å². The predicted octanol–water partition coefficient (Wildman–Crippen LogP) is 0.977. The molecule has 5 heteroatoms. The van der Waals surface area contributed by atoms with E-state index in [4.69, 9.17) is 6.42 Å². The topological polar surface area (TPSA) is 54.5 Å². The van der Waals surface area contributed by atoms with Crippen molar-refractivity contribution in [1.29, 1.82) is 0 Å². The molecule has 2 rings (SSSR count). The number of ketones is 1. The summed E-state index contributed by atoms with van der Waals surface area (Å²) in [4.78, 5) is 25.1. The zero-order valence-corrected chi connectivity index (χ0v) is 10.6. The lowest BCUT2D eigenvalue weighted by Crippen LogP contribution is -2.39. The number of rotatable bonds is 2. The maximum atomic E-state index is 11.9. The first-order valence-electron chi connectivity index (χ1n) is 5.31. The summed E-state index contributed by atoms with van der Waals surface area (Å²) < 4.78 is 11.9. The number of Topliss-reactive ketones (excluding diaryl/α,β-unsaturated/α-hetero) is 1. The van der Waals surface area contributed by atoms with Crippen LogP contribution in [0.15, 0.2) is 23.1 Å². The number of terminal acetylenes is 1. The van der Waals surface area contributed by atoms with Crippen LogP contribution in [0.3, 0.4) is 0 Å². The maximum absolute atomic E-state index is 11.9. The van der Waals surface area contributed by atoms with E-state index in [-0.39, 0.29) is 24.0 Å². The van der Waals surface area contributed by atoms with Crippen LogP contribution < -0.4 is 4.90 Å². The summed E-state index contributed by atoms with van der Waals surface area (Å²) in [6.45, 7) is 1.55. The van der Waals surface area contributed by atoms with Gasteiger partial charge in [0, 0.05) is 5.56 Å². The molecule has 1 amide bonds. The number of carbonyl (C=O) groups excluding carboxylic acids is 2. The van der Waals surface area contributed by atoms with Gasteiger partial charge in [0.25, 0.3) is 0 Å². The third-order valence-corrected chi connectivity index (χ3v) is 4.05. The molecule has 0 N–H and O–H groups in total. The molecule has 1 unspecified atom stereocenters. The number of hydrogen-bond acceptors (Lipinski definition) is 3. The van der Waals surface area contributed by atoms with E-state index < -0.39 is 10.8 Å². The van der Waals surface area contributed by atoms with Crippen LogP contribution in [0.1, 0.15) is 17.3 Å². The first-order chi connectivity index (χ1) is 8.54. The lowest BCUT2D eigenvalue weighted by Gasteiger charge is -2.27. The molecule has 1 heterocycles. The van der Waals surface area contributed by atoms with Crippen LogP contribution in [0.25, 0.3) is 0 Å². The van der Waals surface area contributed by atoms with Crippen molar-refractivity contribution in [2.75, 3.05) is 17.2 Å². The highest BCUT2D eigenvalue weighted by molar-refractivity contribution is 7.86. The van der Waals surface area contributed by atoms with E-state index in [1.54, 1.807) is 18.2 Å². The average Bonchev–Trinajstić information content (AvgIpc) is 2.33. The fourth-order valence-electron chi connectivity index (χ4n) is 1.81. The van der Waals surface area contributed by atoms with Crippen molar-refractivity contribution in [3.05, 3.63) is 23.8 Å². The van der Waals surface area contributed by atoms with Gasteiger partial charge >= 0.3 is 0 Å². The number of hydrogen-bond donors (Lipinski definition) is 0. The minimum absolute atomic E-state index is 0.0614. The summed E-state index contributed by atoms with van der Waals surface area (Å²) in [6.07, 6.45) is 5.22. The molecular formula is C13H11NO3S. The molecule has 1 aliphatic rings. The Morgan fingerprint density at radius 1 is 1.56 bits per heavy atom. The summed E-state index contributed by atoms with van der Waals surface area (Å²) in [5.74, 6) is 1.94. The summed E-state index contributed by atoms with van der Waals surface area (Å²) in [6, 6.07) is 4.81. The molecule has 0 radical (unpaired) electrons. The molecule has 92 valence electrons. The zero-order valence-electron chi connectivity index (χ0n) is 9.80. The van der Waals surface area contributed by atoms with E-state index in [0.29, 0.717) is 16.1 Å². The molecule has 0 aliphatic carbocycles. The number of fused-ring (bicyclic) bond motifs is 1. The number of benzene rings is 1. The van der Waals surface area contributed by atoms with Gasteiger partial charge in [0.1, 0.15) is 5.75 Å². The molecule has 18 heavy (non-hydrogen) atoms. The summed E-state index contributed by atoms with van der Waals surface area (Å²) >= 11 is 0. The maximum Gasteiger partial charge on any atom is 0.240 e. The Labute approximate surface area is 107 Å². The predicted molar refractivity (Wildman–Crippen MR) is 68.9 cm³/mol. The van der Waals surface area contributed by atoms with Gasteiger partial charge in [-0.1, -0.05) is 12.0 Å². The Kier molecular flexibility index (Phi) is 3.30. The molecule has 0 fully saturated rings. The van der Waals surface area contributed by atoms with Crippen molar-refractivity contribution in [1.82, 2.24) is 0 Å². The van der Waals surface area contributed by atoms with Crippen molar-refractivity contribution in [3.8, 4) is 12.3 Å². The largest absolute Gasteiger partial charge is 0.299 e. The van der Waals surface area contributed by atoms with Gasteiger partial charge < -0.3 is 0 Å². The van der Waals surface area contributed by atoms with Gasteiger partial charge in [-0.3, -0.25) is 18.7 Å². The second-order valence-corrected chi connectivity index (χ2v) is 5.33. The quantitative estimate of drug-likeness (QED) is 0.589. The third kappa shape index (κ3) is 2.07. The number of nitrogens with zero attached hydrogens (tertiary/aromatic N) is 1. The molecule has 1 aromatic carbocycles. The molecule has 1 atom stereocenters. The van der Waals surface area contributed by atoms with E-state index in [0.717, 1.165) is 0 Å². The van der Waals surface area contributed by atoms with Gasteiger partial charge in [0.05, 0.1) is 27.9 Å². The van der Waals surface area contributed by atoms with Gasteiger partial charge in [-0.25, -0.2) is 0 Å². The Bertz CT molecular complexity index is 601. The zero-order chi connectivity index (χ0) is 13.3. The van der Waals surface area contributed by atoms with Gasteiger partial charge in [0.2, 0.25) is 5.91 Å². The molecule has 0 bridgehead atoms. The number of amides is 1. The lowest BCUT2D eigenvalue weighted by molar-refractivity contribution is -0.116. The molecule has 0 saturated carbocycles. The monoisotopic (exact) mass is 261 g/mol. The Hall–Kier alpha value is -1.93. The second-order valence-electron chi connectivity index (χ2n) is 3.91. The van der Waals surface area contributed by atoms with Gasteiger partial charge in [-0.05, 0) is 19.1 Å². The van der Waals surface area contributed by atoms with E-state index in [1.807, 2.05) is 0 Å². The van der Waals surface area contributed by atoms with Crippen molar-refractivity contribution < 1.29 is 13.8 Å². The Morgan fingerprint density at radius 3 is 2.89 bits per heavy atom. The van der Waals surface area contributed by atoms with Gasteiger partial charge in [-0.2, -0.15) is 0 Å². The Balaban J connectivity index is 2.59. The van der Waals surface area contributed by atoms with E-state index in [9.17, 15) is 13.8 Å². The fourth-order valence-corrected chi connectivity index (χ4v) is 2.96. The van der Waals surface area contributed by atoms with E-state index in [2.05, 4.69) is 5.92 Å². The van der Waals surface area contributed by atoms with Crippen LogP contribution in [0.4, 0.5) is 5.69 Å². The lowest BCUT2D eigenvalue weighted by atomic mass is 10.1. The summed E-state index contributed by atoms with van der Waals surface area (Å²) in [5.41, 5.74) is 0.956. The second kappa shape index (κ2) is 4.75. The minimum Gasteiger partial charge on any atom is -0.299 e. The highest BCUT2D eigenvalue weighted by atomic mass is 32.2. The third-order valence-electron chi connectivity index (χ3n) is 2.71. The van der Waals surface area contributed by atoms with E-state index in [1.165, 1.54) is 11.8 Å². The molecule has 1 aliphatic heterocycles. The molecular weight excluding hydrogens is 250 g/mol. The van der Waals surface area contributed by atoms with E-state index >= 15 is 0 Å². The Morgan fingerprint density at radius 2 is 2.28 bits per heavy atom. The molecule has 1 aromatic rings. The number of carbonyl (C=O) groups is 2. The molecule has 4 nitrogen and oxygen atoms in total. The van der Waals surface area contributed by atoms with Crippen molar-refractivity contribution in [2.24, 2.45) is 0 Å². The minimum atomic E-state index is -1.36. The summed E-state index contributed by atoms with van der Waals surface area (Å²) in [5, 5.41) is 0. The summed E-state index contributed by atoms with van der Waals surface area (Å²) in [7, 11) is -1.36. The van der Waals surface area contributed by atoms with Crippen LogP contribution in [0, 0.1) is 12.3 Å². The molecule has 0 spiro atoms. The van der Waals surface area contributed by atoms with Crippen LogP contribution in [0.2, 0.25) is 0 Å². The van der Waals surface area contributed by atoms with Gasteiger partial charge in [0.15, 0.2) is 5.78 Å². The average molecular weight is 261 g/mol. The van der Waals surface area contributed by atoms with Crippen molar-refractivity contribution in [2.45, 2.75) is 11.8 Å². The normalized spacial score (nSPS) is 18.1. The highest BCUT2D eigenvalue weighted by Crippen LogP contribution is 2.29. The van der Waals surface area contributed by atoms with Gasteiger partial charge in [-0.15, -0.1) is 6.42 Å². The first kappa shape index (κ1) is 12.5. The standard InChI is InChI=1S/C13H11NO3S/c1-3-6-14-11-7-10(9(2)15)4-5-12(11)18(17)8-13(14)16/h1,4-5,7H,6,8H2,2H3. The van der Waals surface area contributed by atoms with Crippen LogP contribution in [-0.2, 0) is 15.6 Å². The van der Waals surface area contributed by atoms with Crippen molar-refractivity contribution in [3.63, 3.8) is 0 Å². The highest BCUT2D eigenvalue weighted by Gasteiger charge is 2.28. The molecule has 0 saturated heterocycles.